The summed E-state index contributed by atoms with van der Waals surface area (Å²) in [6.07, 6.45) is 3.36. The number of carbonyl (C=O) groups excluding carboxylic acids is 3. The number of nitrogens with one attached hydrogen (secondary N) is 4. The maximum absolute atomic E-state index is 13.8. The summed E-state index contributed by atoms with van der Waals surface area (Å²) in [7, 11) is 5.30. The normalized spacial score (nSPS) is 27.8. The topological polar surface area (TPSA) is 135 Å². The SMILES string of the molecule is CNC(C(=O)N1C(C2Nc3cc(C#Cc4ccc5nc([C@@H]6C[C@H]7CC7N6C(=O)C(NC(=O)OC)C(C)C)[nH]c5c4)ccc3N2C)C[C@H]2CC21)C(C)C. The Morgan fingerprint density at radius 1 is 0.865 bits per heavy atom. The lowest BCUT2D eigenvalue weighted by Crippen LogP contribution is -2.57. The van der Waals surface area contributed by atoms with E-state index in [4.69, 9.17) is 9.72 Å². The quantitative estimate of drug-likeness (QED) is 0.253. The van der Waals surface area contributed by atoms with Crippen LogP contribution < -0.4 is 20.9 Å². The molecular formula is C40H50N8O4. The van der Waals surface area contributed by atoms with Gasteiger partial charge < -0.3 is 40.4 Å². The van der Waals surface area contributed by atoms with Gasteiger partial charge in [0, 0.05) is 30.3 Å². The zero-order valence-electron chi connectivity index (χ0n) is 31.1. The smallest absolute Gasteiger partial charge is 0.407 e. The fourth-order valence-corrected chi connectivity index (χ4v) is 9.09. The molecule has 0 spiro atoms. The molecule has 3 amide bonds. The highest BCUT2D eigenvalue weighted by Crippen LogP contribution is 2.54. The number of benzene rings is 2. The molecule has 2 saturated carbocycles. The average Bonchev–Trinajstić information content (AvgIpc) is 3.84. The number of hydrogen-bond donors (Lipinski definition) is 4. The van der Waals surface area contributed by atoms with Gasteiger partial charge >= 0.3 is 6.09 Å². The molecule has 4 N–H and O–H groups in total. The number of likely N-dealkylation sites (tertiary alicyclic amines) is 2. The van der Waals surface area contributed by atoms with Gasteiger partial charge in [-0.1, -0.05) is 39.5 Å². The third-order valence-corrected chi connectivity index (χ3v) is 12.0. The van der Waals surface area contributed by atoms with Crippen LogP contribution in [0.2, 0.25) is 0 Å². The summed E-state index contributed by atoms with van der Waals surface area (Å²) >= 11 is 0. The average molecular weight is 707 g/mol. The number of amides is 3. The molecule has 8 rings (SSSR count). The van der Waals surface area contributed by atoms with Gasteiger partial charge in [0.15, 0.2) is 0 Å². The van der Waals surface area contributed by atoms with Crippen molar-refractivity contribution in [2.75, 3.05) is 31.4 Å². The number of imidazole rings is 1. The van der Waals surface area contributed by atoms with Crippen molar-refractivity contribution in [1.82, 2.24) is 30.4 Å². The van der Waals surface area contributed by atoms with E-state index in [9.17, 15) is 14.4 Å². The zero-order valence-corrected chi connectivity index (χ0v) is 31.1. The first-order chi connectivity index (χ1) is 25.0. The summed E-state index contributed by atoms with van der Waals surface area (Å²) < 4.78 is 4.80. The molecule has 2 aromatic carbocycles. The molecule has 4 fully saturated rings. The number of likely N-dealkylation sites (N-methyl/N-ethyl adjacent to an activating group) is 2. The second-order valence-corrected chi connectivity index (χ2v) is 16.1. The highest BCUT2D eigenvalue weighted by Gasteiger charge is 2.58. The maximum atomic E-state index is 13.8. The molecule has 0 radical (unpaired) electrons. The van der Waals surface area contributed by atoms with Gasteiger partial charge in [-0.2, -0.15) is 0 Å². The second-order valence-electron chi connectivity index (χ2n) is 16.1. The minimum Gasteiger partial charge on any atom is -0.453 e. The lowest BCUT2D eigenvalue weighted by molar-refractivity contribution is -0.137. The van der Waals surface area contributed by atoms with Crippen molar-refractivity contribution in [2.24, 2.45) is 23.7 Å². The Balaban J connectivity index is 0.979. The van der Waals surface area contributed by atoms with Crippen LogP contribution in [0.4, 0.5) is 16.2 Å². The number of ether oxygens (including phenoxy) is 1. The summed E-state index contributed by atoms with van der Waals surface area (Å²) in [5, 5.41) is 9.75. The number of alkyl carbamates (subject to hydrolysis) is 1. The number of piperidine rings is 2. The molecule has 1 aromatic heterocycles. The van der Waals surface area contributed by atoms with Crippen LogP contribution in [-0.2, 0) is 14.3 Å². The summed E-state index contributed by atoms with van der Waals surface area (Å²) in [5.41, 5.74) is 5.60. The number of H-pyrrole nitrogens is 1. The number of anilines is 2. The van der Waals surface area contributed by atoms with Crippen LogP contribution in [-0.4, -0.2) is 95.3 Å². The van der Waals surface area contributed by atoms with E-state index in [1.54, 1.807) is 0 Å². The van der Waals surface area contributed by atoms with Crippen LogP contribution in [0.25, 0.3) is 11.0 Å². The Kier molecular flexibility index (Phi) is 8.60. The molecule has 2 saturated heterocycles. The summed E-state index contributed by atoms with van der Waals surface area (Å²) in [5.74, 6) is 8.75. The van der Waals surface area contributed by atoms with E-state index in [2.05, 4.69) is 81.7 Å². The first-order valence-corrected chi connectivity index (χ1v) is 18.8. The Hall–Kier alpha value is -4.76. The van der Waals surface area contributed by atoms with E-state index in [0.29, 0.717) is 17.9 Å². The number of fused-ring (bicyclic) bond motifs is 4. The first-order valence-electron chi connectivity index (χ1n) is 18.8. The van der Waals surface area contributed by atoms with Gasteiger partial charge in [-0.05, 0) is 92.8 Å². The molecule has 6 unspecified atom stereocenters. The lowest BCUT2D eigenvalue weighted by atomic mass is 10.0. The van der Waals surface area contributed by atoms with E-state index in [1.807, 2.05) is 44.0 Å². The molecule has 52 heavy (non-hydrogen) atoms. The Bertz CT molecular complexity index is 1980. The van der Waals surface area contributed by atoms with Gasteiger partial charge in [-0.15, -0.1) is 0 Å². The van der Waals surface area contributed by atoms with Crippen molar-refractivity contribution in [2.45, 2.75) is 95.8 Å². The van der Waals surface area contributed by atoms with Crippen molar-refractivity contribution < 1.29 is 19.1 Å². The van der Waals surface area contributed by atoms with E-state index >= 15 is 0 Å². The van der Waals surface area contributed by atoms with E-state index in [-0.39, 0.29) is 54.0 Å². The second kappa shape index (κ2) is 13.0. The monoisotopic (exact) mass is 706 g/mol. The molecular weight excluding hydrogens is 656 g/mol. The fourth-order valence-electron chi connectivity index (χ4n) is 9.09. The van der Waals surface area contributed by atoms with Gasteiger partial charge in [0.1, 0.15) is 18.0 Å². The van der Waals surface area contributed by atoms with Crippen molar-refractivity contribution in [3.05, 3.63) is 53.3 Å². The summed E-state index contributed by atoms with van der Waals surface area (Å²) in [4.78, 5) is 54.4. The van der Waals surface area contributed by atoms with Crippen LogP contribution in [0, 0.1) is 35.5 Å². The molecule has 274 valence electrons. The molecule has 9 atom stereocenters. The molecule has 5 aliphatic rings. The minimum absolute atomic E-state index is 0.00830. The predicted octanol–water partition coefficient (Wildman–Crippen LogP) is 4.43. The first kappa shape index (κ1) is 34.3. The Morgan fingerprint density at radius 3 is 2.19 bits per heavy atom. The molecule has 3 aliphatic heterocycles. The summed E-state index contributed by atoms with van der Waals surface area (Å²) in [6.45, 7) is 8.05. The number of aromatic nitrogens is 2. The van der Waals surface area contributed by atoms with Crippen LogP contribution in [0.5, 0.6) is 0 Å². The third kappa shape index (κ3) is 5.93. The third-order valence-electron chi connectivity index (χ3n) is 12.0. The molecule has 0 bridgehead atoms. The highest BCUT2D eigenvalue weighted by molar-refractivity contribution is 5.88. The number of carbonyl (C=O) groups is 3. The van der Waals surface area contributed by atoms with Crippen molar-refractivity contribution in [3.8, 4) is 11.8 Å². The number of methoxy groups -OCH3 is 1. The molecule has 12 heteroatoms. The largest absolute Gasteiger partial charge is 0.453 e. The van der Waals surface area contributed by atoms with Crippen molar-refractivity contribution in [1.29, 1.82) is 0 Å². The number of aromatic amines is 1. The van der Waals surface area contributed by atoms with Crippen molar-refractivity contribution in [3.63, 3.8) is 0 Å². The van der Waals surface area contributed by atoms with Crippen molar-refractivity contribution >= 4 is 40.3 Å². The van der Waals surface area contributed by atoms with Gasteiger partial charge in [0.2, 0.25) is 11.8 Å². The van der Waals surface area contributed by atoms with E-state index in [0.717, 1.165) is 65.0 Å². The predicted molar refractivity (Wildman–Crippen MR) is 199 cm³/mol. The number of rotatable bonds is 8. The molecule has 2 aliphatic carbocycles. The van der Waals surface area contributed by atoms with Crippen LogP contribution in [0.15, 0.2) is 36.4 Å². The highest BCUT2D eigenvalue weighted by atomic mass is 16.5. The van der Waals surface area contributed by atoms with E-state index in [1.165, 1.54) is 7.11 Å². The summed E-state index contributed by atoms with van der Waals surface area (Å²) in [6, 6.07) is 11.8. The maximum Gasteiger partial charge on any atom is 0.407 e. The Labute approximate surface area is 305 Å². The molecule has 3 aromatic rings. The van der Waals surface area contributed by atoms with Crippen LogP contribution >= 0.6 is 0 Å². The zero-order chi connectivity index (χ0) is 36.6. The standard InChI is InChI=1S/C40H50N8O4/c1-20(2)34(41-5)38(49)48-31-17-25(31)19-33(48)37-44-28-15-23(11-13-29(28)46(37)6)9-8-22-10-12-26-27(14-22)43-36(42-26)32-18-24-16-30(24)47(32)39(50)35(21(3)4)45-40(51)52-7/h10-15,20-21,24-25,30-35,37,41,44H,16-19H2,1-7H3,(H,42,43)(H,45,51)/t24-,25-,30?,31?,32+,33?,34?,35?,37?/m1/s1. The Morgan fingerprint density at radius 2 is 1.50 bits per heavy atom. The van der Waals surface area contributed by atoms with Gasteiger partial charge in [0.05, 0.1) is 47.6 Å². The van der Waals surface area contributed by atoms with Gasteiger partial charge in [-0.25, -0.2) is 9.78 Å². The van der Waals surface area contributed by atoms with Gasteiger partial charge in [-0.3, -0.25) is 9.59 Å². The van der Waals surface area contributed by atoms with Crippen LogP contribution in [0.3, 0.4) is 0 Å². The van der Waals surface area contributed by atoms with Gasteiger partial charge in [0.25, 0.3) is 0 Å². The number of nitrogens with zero attached hydrogens (tertiary/aromatic N) is 4. The lowest BCUT2D eigenvalue weighted by Gasteiger charge is -2.38. The van der Waals surface area contributed by atoms with E-state index < -0.39 is 12.1 Å². The molecule has 12 nitrogen and oxygen atoms in total. The van der Waals surface area contributed by atoms with Crippen LogP contribution in [0.1, 0.15) is 76.4 Å². The number of hydrogen-bond acceptors (Lipinski definition) is 8. The fraction of sp³-hybridized carbons (Fsp3) is 0.550. The minimum atomic E-state index is -0.672. The molecule has 4 heterocycles.